The number of ether oxygens (including phenoxy) is 2. The van der Waals surface area contributed by atoms with E-state index in [1.54, 1.807) is 19.2 Å². The van der Waals surface area contributed by atoms with E-state index in [-0.39, 0.29) is 0 Å². The van der Waals surface area contributed by atoms with Crippen molar-refractivity contribution in [1.82, 2.24) is 5.43 Å². The predicted molar refractivity (Wildman–Crippen MR) is 62.8 cm³/mol. The van der Waals surface area contributed by atoms with Crippen molar-refractivity contribution in [2.45, 2.75) is 5.54 Å². The van der Waals surface area contributed by atoms with Crippen molar-refractivity contribution in [3.63, 3.8) is 0 Å². The average Bonchev–Trinajstić information content (AvgIpc) is 2.16. The zero-order valence-corrected chi connectivity index (χ0v) is 10.2. The summed E-state index contributed by atoms with van der Waals surface area (Å²) in [5.74, 6) is 6.13. The van der Waals surface area contributed by atoms with Gasteiger partial charge in [0, 0.05) is 10.6 Å². The zero-order valence-electron chi connectivity index (χ0n) is 8.72. The number of hydrogen-bond donors (Lipinski definition) is 2. The highest BCUT2D eigenvalue weighted by Gasteiger charge is 2.42. The van der Waals surface area contributed by atoms with Crippen LogP contribution in [0.3, 0.4) is 0 Å². The Labute approximate surface area is 104 Å². The Morgan fingerprint density at radius 2 is 2.12 bits per heavy atom. The first-order valence-corrected chi connectivity index (χ1v) is 5.47. The number of halogens is 2. The SMILES string of the molecule is COc1c(Cl)cc(Cl)cc1C1(NN)COC1. The molecule has 0 saturated carbocycles. The molecule has 0 atom stereocenters. The molecule has 0 amide bonds. The fourth-order valence-corrected chi connectivity index (χ4v) is 2.32. The van der Waals surface area contributed by atoms with Gasteiger partial charge >= 0.3 is 0 Å². The van der Waals surface area contributed by atoms with Crippen LogP contribution in [-0.4, -0.2) is 20.3 Å². The third-order valence-electron chi connectivity index (χ3n) is 2.70. The van der Waals surface area contributed by atoms with Gasteiger partial charge in [0.25, 0.3) is 0 Å². The monoisotopic (exact) mass is 262 g/mol. The van der Waals surface area contributed by atoms with Crippen LogP contribution in [0.25, 0.3) is 0 Å². The molecule has 4 nitrogen and oxygen atoms in total. The van der Waals surface area contributed by atoms with Gasteiger partial charge < -0.3 is 9.47 Å². The minimum Gasteiger partial charge on any atom is -0.495 e. The van der Waals surface area contributed by atoms with E-state index in [1.807, 2.05) is 0 Å². The summed E-state index contributed by atoms with van der Waals surface area (Å²) < 4.78 is 10.5. The van der Waals surface area contributed by atoms with Crippen molar-refractivity contribution in [3.05, 3.63) is 27.7 Å². The van der Waals surface area contributed by atoms with Crippen LogP contribution in [-0.2, 0) is 10.3 Å². The molecular weight excluding hydrogens is 251 g/mol. The van der Waals surface area contributed by atoms with Gasteiger partial charge in [0.15, 0.2) is 0 Å². The third kappa shape index (κ3) is 1.77. The molecule has 1 aromatic carbocycles. The van der Waals surface area contributed by atoms with Gasteiger partial charge in [-0.15, -0.1) is 0 Å². The topological polar surface area (TPSA) is 56.5 Å². The normalized spacial score (nSPS) is 18.0. The maximum atomic E-state index is 6.06. The van der Waals surface area contributed by atoms with Crippen LogP contribution in [0.2, 0.25) is 10.0 Å². The Morgan fingerprint density at radius 3 is 2.56 bits per heavy atom. The molecule has 3 N–H and O–H groups in total. The van der Waals surface area contributed by atoms with Crippen molar-refractivity contribution < 1.29 is 9.47 Å². The smallest absolute Gasteiger partial charge is 0.142 e. The van der Waals surface area contributed by atoms with E-state index in [9.17, 15) is 0 Å². The van der Waals surface area contributed by atoms with Crippen LogP contribution in [0.5, 0.6) is 5.75 Å². The third-order valence-corrected chi connectivity index (χ3v) is 3.20. The molecule has 1 aliphatic rings. The molecule has 6 heteroatoms. The highest BCUT2D eigenvalue weighted by Crippen LogP contribution is 2.41. The Morgan fingerprint density at radius 1 is 1.44 bits per heavy atom. The molecule has 0 spiro atoms. The van der Waals surface area contributed by atoms with Gasteiger partial charge in [-0.25, -0.2) is 5.43 Å². The number of benzene rings is 1. The van der Waals surface area contributed by atoms with Gasteiger partial charge in [-0.1, -0.05) is 23.2 Å². The fourth-order valence-electron chi connectivity index (χ4n) is 1.75. The minimum atomic E-state index is -0.458. The summed E-state index contributed by atoms with van der Waals surface area (Å²) >= 11 is 12.0. The maximum Gasteiger partial charge on any atom is 0.142 e. The first-order valence-electron chi connectivity index (χ1n) is 4.72. The lowest BCUT2D eigenvalue weighted by atomic mass is 9.88. The van der Waals surface area contributed by atoms with Crippen LogP contribution >= 0.6 is 23.2 Å². The van der Waals surface area contributed by atoms with Gasteiger partial charge in [0.2, 0.25) is 0 Å². The lowest BCUT2D eigenvalue weighted by Crippen LogP contribution is -2.60. The zero-order chi connectivity index (χ0) is 11.8. The molecule has 1 aromatic rings. The quantitative estimate of drug-likeness (QED) is 0.643. The molecule has 1 saturated heterocycles. The van der Waals surface area contributed by atoms with Crippen molar-refractivity contribution in [1.29, 1.82) is 0 Å². The Balaban J connectivity index is 2.53. The van der Waals surface area contributed by atoms with Crippen LogP contribution in [0.4, 0.5) is 0 Å². The first kappa shape index (κ1) is 12.0. The number of hydrogen-bond acceptors (Lipinski definition) is 4. The van der Waals surface area contributed by atoms with E-state index in [1.165, 1.54) is 0 Å². The molecule has 1 aliphatic heterocycles. The second kappa shape index (κ2) is 4.39. The van der Waals surface area contributed by atoms with E-state index in [0.29, 0.717) is 29.0 Å². The maximum absolute atomic E-state index is 6.06. The fraction of sp³-hybridized carbons (Fsp3) is 0.400. The number of nitrogens with two attached hydrogens (primary N) is 1. The van der Waals surface area contributed by atoms with Crippen LogP contribution in [0.1, 0.15) is 5.56 Å². The largest absolute Gasteiger partial charge is 0.495 e. The summed E-state index contributed by atoms with van der Waals surface area (Å²) in [5, 5.41) is 1.01. The lowest BCUT2D eigenvalue weighted by Gasteiger charge is -2.41. The van der Waals surface area contributed by atoms with Gasteiger partial charge in [-0.2, -0.15) is 0 Å². The summed E-state index contributed by atoms with van der Waals surface area (Å²) in [6.45, 7) is 0.938. The second-order valence-corrected chi connectivity index (χ2v) is 4.53. The first-order chi connectivity index (χ1) is 7.63. The van der Waals surface area contributed by atoms with E-state index < -0.39 is 5.54 Å². The summed E-state index contributed by atoms with van der Waals surface area (Å²) in [5.41, 5.74) is 3.10. The molecule has 0 aromatic heterocycles. The van der Waals surface area contributed by atoms with E-state index >= 15 is 0 Å². The van der Waals surface area contributed by atoms with Crippen LogP contribution < -0.4 is 16.0 Å². The summed E-state index contributed by atoms with van der Waals surface area (Å²) in [6.07, 6.45) is 0. The van der Waals surface area contributed by atoms with Gasteiger partial charge in [-0.3, -0.25) is 5.84 Å². The van der Waals surface area contributed by atoms with E-state index in [4.69, 9.17) is 38.5 Å². The Bertz CT molecular complexity index is 403. The Hall–Kier alpha value is -0.520. The molecule has 0 unspecified atom stereocenters. The molecule has 0 radical (unpaired) electrons. The Kier molecular flexibility index (Phi) is 3.28. The van der Waals surface area contributed by atoms with Crippen LogP contribution in [0.15, 0.2) is 12.1 Å². The van der Waals surface area contributed by atoms with Crippen molar-refractivity contribution in [2.24, 2.45) is 5.84 Å². The van der Waals surface area contributed by atoms with E-state index in [0.717, 1.165) is 5.56 Å². The van der Waals surface area contributed by atoms with Crippen LogP contribution in [0, 0.1) is 0 Å². The average molecular weight is 263 g/mol. The van der Waals surface area contributed by atoms with Gasteiger partial charge in [-0.05, 0) is 12.1 Å². The molecule has 88 valence electrons. The number of hydrazine groups is 1. The summed E-state index contributed by atoms with van der Waals surface area (Å²) in [7, 11) is 1.56. The number of nitrogens with one attached hydrogen (secondary N) is 1. The van der Waals surface area contributed by atoms with E-state index in [2.05, 4.69) is 5.43 Å². The highest BCUT2D eigenvalue weighted by molar-refractivity contribution is 6.35. The second-order valence-electron chi connectivity index (χ2n) is 3.69. The highest BCUT2D eigenvalue weighted by atomic mass is 35.5. The molecule has 2 rings (SSSR count). The van der Waals surface area contributed by atoms with Crippen molar-refractivity contribution in [2.75, 3.05) is 20.3 Å². The van der Waals surface area contributed by atoms with Gasteiger partial charge in [0.05, 0.1) is 25.3 Å². The lowest BCUT2D eigenvalue weighted by molar-refractivity contribution is -0.0795. The van der Waals surface area contributed by atoms with Crippen molar-refractivity contribution in [3.8, 4) is 5.75 Å². The molecule has 0 bridgehead atoms. The molecular formula is C10H12Cl2N2O2. The number of methoxy groups -OCH3 is 1. The standard InChI is InChI=1S/C10H12Cl2N2O2/c1-15-9-7(2-6(11)3-8(9)12)10(14-13)4-16-5-10/h2-3,14H,4-5,13H2,1H3. The summed E-state index contributed by atoms with van der Waals surface area (Å²) in [6, 6.07) is 3.42. The van der Waals surface area contributed by atoms with Crippen molar-refractivity contribution >= 4 is 23.2 Å². The molecule has 1 fully saturated rings. The molecule has 16 heavy (non-hydrogen) atoms. The van der Waals surface area contributed by atoms with Gasteiger partial charge in [0.1, 0.15) is 11.3 Å². The minimum absolute atomic E-state index is 0.458. The molecule has 1 heterocycles. The predicted octanol–water partition coefficient (Wildman–Crippen LogP) is 1.69. The summed E-state index contributed by atoms with van der Waals surface area (Å²) in [4.78, 5) is 0. The number of rotatable bonds is 3. The molecule has 0 aliphatic carbocycles.